The normalized spacial score (nSPS) is 10.2. The van der Waals surface area contributed by atoms with Crippen LogP contribution in [0.4, 0.5) is 0 Å². The molecule has 0 bridgehead atoms. The van der Waals surface area contributed by atoms with Crippen LogP contribution in [0.1, 0.15) is 13.3 Å². The topological polar surface area (TPSA) is 80.7 Å². The molecule has 0 atom stereocenters. The minimum atomic E-state index is -4.04. The molecule has 68 valence electrons. The quantitative estimate of drug-likeness (QED) is 0.369. The molecular formula is C5H11NaO5S. The van der Waals surface area contributed by atoms with Gasteiger partial charge in [-0.1, -0.05) is 0 Å². The van der Waals surface area contributed by atoms with E-state index in [0.29, 0.717) is 0 Å². The van der Waals surface area contributed by atoms with Gasteiger partial charge in [0.2, 0.25) is 0 Å². The van der Waals surface area contributed by atoms with E-state index in [1.165, 1.54) is 0 Å². The van der Waals surface area contributed by atoms with Gasteiger partial charge in [0.15, 0.2) is 0 Å². The van der Waals surface area contributed by atoms with E-state index in [0.717, 1.165) is 0 Å². The minimum absolute atomic E-state index is 0. The molecule has 0 aromatic rings. The number of carbonyl (C=O) groups excluding carboxylic acids is 1. The van der Waals surface area contributed by atoms with Crippen molar-refractivity contribution >= 4 is 45.6 Å². The molecule has 0 saturated heterocycles. The Bertz CT molecular complexity index is 222. The zero-order valence-electron chi connectivity index (χ0n) is 6.11. The van der Waals surface area contributed by atoms with E-state index in [1.807, 2.05) is 0 Å². The zero-order valence-corrected chi connectivity index (χ0v) is 6.93. The predicted octanol–water partition coefficient (Wildman–Crippen LogP) is -0.821. The molecule has 1 N–H and O–H groups in total. The first kappa shape index (κ1) is 14.9. The Morgan fingerprint density at radius 1 is 1.50 bits per heavy atom. The van der Waals surface area contributed by atoms with Crippen LogP contribution >= 0.6 is 0 Å². The maximum absolute atomic E-state index is 10.5. The summed E-state index contributed by atoms with van der Waals surface area (Å²) in [6.45, 7) is 1.83. The molecule has 0 amide bonds. The molecule has 0 heterocycles. The second kappa shape index (κ2) is 6.85. The molecule has 5 nitrogen and oxygen atoms in total. The zero-order chi connectivity index (χ0) is 8.91. The van der Waals surface area contributed by atoms with E-state index < -0.39 is 21.8 Å². The molecule has 0 aromatic heterocycles. The van der Waals surface area contributed by atoms with Gasteiger partial charge >= 0.3 is 35.5 Å². The van der Waals surface area contributed by atoms with E-state index in [9.17, 15) is 13.2 Å². The van der Waals surface area contributed by atoms with Gasteiger partial charge in [0.25, 0.3) is 10.1 Å². The molecule has 0 radical (unpaired) electrons. The van der Waals surface area contributed by atoms with Gasteiger partial charge in [-0.15, -0.1) is 0 Å². The van der Waals surface area contributed by atoms with Gasteiger partial charge < -0.3 is 4.74 Å². The van der Waals surface area contributed by atoms with E-state index in [1.54, 1.807) is 6.92 Å². The van der Waals surface area contributed by atoms with Crippen LogP contribution in [0.2, 0.25) is 0 Å². The summed E-state index contributed by atoms with van der Waals surface area (Å²) in [5.74, 6) is -1.20. The molecule has 12 heavy (non-hydrogen) atoms. The van der Waals surface area contributed by atoms with Crippen LogP contribution in [0.15, 0.2) is 0 Å². The average molecular weight is 206 g/mol. The van der Waals surface area contributed by atoms with Crippen LogP contribution in [0.3, 0.4) is 0 Å². The second-order valence-corrected chi connectivity index (χ2v) is 3.41. The Morgan fingerprint density at radius 2 is 2.00 bits per heavy atom. The van der Waals surface area contributed by atoms with E-state index >= 15 is 0 Å². The number of carbonyl (C=O) groups is 1. The van der Waals surface area contributed by atoms with Crippen LogP contribution in [-0.2, 0) is 19.6 Å². The molecule has 0 aliphatic heterocycles. The van der Waals surface area contributed by atoms with Crippen LogP contribution in [0, 0.1) is 0 Å². The van der Waals surface area contributed by atoms with Gasteiger partial charge in [0.1, 0.15) is 0 Å². The molecule has 0 aliphatic rings. The van der Waals surface area contributed by atoms with Crippen LogP contribution < -0.4 is 0 Å². The van der Waals surface area contributed by atoms with Gasteiger partial charge in [0.05, 0.1) is 18.8 Å². The summed E-state index contributed by atoms with van der Waals surface area (Å²) < 4.78 is 32.8. The molecular weight excluding hydrogens is 195 g/mol. The number of esters is 1. The summed E-state index contributed by atoms with van der Waals surface area (Å²) in [6.07, 6.45) is -0.299. The summed E-state index contributed by atoms with van der Waals surface area (Å²) in [4.78, 5) is 10.5. The Morgan fingerprint density at radius 3 is 2.33 bits per heavy atom. The summed E-state index contributed by atoms with van der Waals surface area (Å²) in [6, 6.07) is 0. The third-order valence-electron chi connectivity index (χ3n) is 0.869. The summed E-state index contributed by atoms with van der Waals surface area (Å²) in [7, 11) is -4.04. The van der Waals surface area contributed by atoms with Crippen molar-refractivity contribution in [2.75, 3.05) is 12.4 Å². The first-order valence-electron chi connectivity index (χ1n) is 3.06. The number of hydrogen-bond donors (Lipinski definition) is 1. The number of rotatable bonds is 4. The first-order chi connectivity index (χ1) is 4.95. The standard InChI is InChI=1S/C5H10O5S.Na.H/c1-2-10-5(6)3-4-11(7,8)9;;/h2-4H2,1H3,(H,7,8,9);;. The molecule has 0 fully saturated rings. The van der Waals surface area contributed by atoms with Crippen LogP contribution in [0.25, 0.3) is 0 Å². The average Bonchev–Trinajstić information content (AvgIpc) is 1.83. The van der Waals surface area contributed by atoms with Crippen LogP contribution in [0.5, 0.6) is 0 Å². The van der Waals surface area contributed by atoms with Crippen molar-refractivity contribution in [1.29, 1.82) is 0 Å². The predicted molar refractivity (Wildman–Crippen MR) is 44.8 cm³/mol. The summed E-state index contributed by atoms with van der Waals surface area (Å²) >= 11 is 0. The fourth-order valence-electron chi connectivity index (χ4n) is 0.445. The summed E-state index contributed by atoms with van der Waals surface area (Å²) in [5.41, 5.74) is 0. The first-order valence-corrected chi connectivity index (χ1v) is 4.67. The Labute approximate surface area is 93.5 Å². The van der Waals surface area contributed by atoms with E-state index in [4.69, 9.17) is 4.55 Å². The molecule has 0 aromatic carbocycles. The monoisotopic (exact) mass is 206 g/mol. The third kappa shape index (κ3) is 10.4. The fraction of sp³-hybridized carbons (Fsp3) is 0.800. The SMILES string of the molecule is CCOC(=O)CCS(=O)(=O)O.[NaH]. The van der Waals surface area contributed by atoms with Crippen molar-refractivity contribution in [3.05, 3.63) is 0 Å². The van der Waals surface area contributed by atoms with E-state index in [-0.39, 0.29) is 42.6 Å². The summed E-state index contributed by atoms with van der Waals surface area (Å²) in [5, 5.41) is 0. The number of hydrogen-bond acceptors (Lipinski definition) is 4. The third-order valence-corrected chi connectivity index (χ3v) is 1.59. The molecule has 0 aliphatic carbocycles. The molecule has 0 spiro atoms. The van der Waals surface area contributed by atoms with Crippen molar-refractivity contribution in [2.24, 2.45) is 0 Å². The molecule has 0 rings (SSSR count). The van der Waals surface area contributed by atoms with Crippen molar-refractivity contribution in [3.63, 3.8) is 0 Å². The van der Waals surface area contributed by atoms with Crippen molar-refractivity contribution < 1.29 is 22.5 Å². The molecule has 0 saturated carbocycles. The van der Waals surface area contributed by atoms with Crippen LogP contribution in [-0.4, -0.2) is 60.9 Å². The Kier molecular flexibility index (Phi) is 8.49. The van der Waals surface area contributed by atoms with Crippen molar-refractivity contribution in [2.45, 2.75) is 13.3 Å². The molecule has 7 heteroatoms. The Balaban J connectivity index is 0. The van der Waals surface area contributed by atoms with E-state index in [2.05, 4.69) is 4.74 Å². The fourth-order valence-corrected chi connectivity index (χ4v) is 0.870. The van der Waals surface area contributed by atoms with Gasteiger partial charge in [0, 0.05) is 0 Å². The van der Waals surface area contributed by atoms with Gasteiger partial charge in [-0.25, -0.2) is 0 Å². The maximum atomic E-state index is 10.5. The molecule has 0 unspecified atom stereocenters. The van der Waals surface area contributed by atoms with Gasteiger partial charge in [-0.05, 0) is 6.92 Å². The number of ether oxygens (including phenoxy) is 1. The van der Waals surface area contributed by atoms with Gasteiger partial charge in [-0.2, -0.15) is 8.42 Å². The Hall–Kier alpha value is 0.380. The van der Waals surface area contributed by atoms with Crippen molar-refractivity contribution in [1.82, 2.24) is 0 Å². The van der Waals surface area contributed by atoms with Gasteiger partial charge in [-0.3, -0.25) is 9.35 Å². The van der Waals surface area contributed by atoms with Crippen molar-refractivity contribution in [3.8, 4) is 0 Å². The second-order valence-electron chi connectivity index (χ2n) is 1.84.